The van der Waals surface area contributed by atoms with Crippen molar-refractivity contribution >= 4 is 23.2 Å². The first-order chi connectivity index (χ1) is 9.24. The van der Waals surface area contributed by atoms with Crippen LogP contribution in [0.2, 0.25) is 10.2 Å². The quantitative estimate of drug-likeness (QED) is 0.762. The number of hydrogen-bond acceptors (Lipinski definition) is 2. The minimum Gasteiger partial charge on any atom is -0.296 e. The Hall–Kier alpha value is -0.310. The van der Waals surface area contributed by atoms with Crippen molar-refractivity contribution in [1.82, 2.24) is 9.88 Å². The van der Waals surface area contributed by atoms with Gasteiger partial charge in [-0.25, -0.2) is 4.98 Å². The Morgan fingerprint density at radius 2 is 1.95 bits per heavy atom. The minimum atomic E-state index is 0.475. The lowest BCUT2D eigenvalue weighted by Crippen LogP contribution is -2.34. The Bertz CT molecular complexity index is 444. The van der Waals surface area contributed by atoms with Crippen molar-refractivity contribution in [2.75, 3.05) is 6.54 Å². The maximum absolute atomic E-state index is 6.26. The molecule has 0 aromatic carbocycles. The van der Waals surface area contributed by atoms with Crippen LogP contribution < -0.4 is 0 Å². The molecule has 1 aliphatic heterocycles. The fourth-order valence-corrected chi connectivity index (χ4v) is 4.12. The van der Waals surface area contributed by atoms with Crippen LogP contribution in [-0.2, 0) is 6.54 Å². The predicted octanol–water partition coefficient (Wildman–Crippen LogP) is 4.54. The van der Waals surface area contributed by atoms with Crippen molar-refractivity contribution in [1.29, 1.82) is 0 Å². The molecule has 2 aliphatic rings. The lowest BCUT2D eigenvalue weighted by atomic mass is 9.96. The van der Waals surface area contributed by atoms with E-state index in [4.69, 9.17) is 23.2 Å². The molecule has 1 aromatic heterocycles. The van der Waals surface area contributed by atoms with Crippen LogP contribution in [0.3, 0.4) is 0 Å². The Kier molecular flexibility index (Phi) is 4.30. The molecule has 0 bridgehead atoms. The topological polar surface area (TPSA) is 16.1 Å². The van der Waals surface area contributed by atoms with Crippen LogP contribution in [0.25, 0.3) is 0 Å². The fraction of sp³-hybridized carbons (Fsp3) is 0.667. The van der Waals surface area contributed by atoms with Crippen molar-refractivity contribution in [3.63, 3.8) is 0 Å². The van der Waals surface area contributed by atoms with Crippen LogP contribution in [0.15, 0.2) is 12.3 Å². The molecule has 1 saturated carbocycles. The van der Waals surface area contributed by atoms with E-state index in [9.17, 15) is 0 Å². The zero-order valence-electron chi connectivity index (χ0n) is 11.1. The molecule has 2 nitrogen and oxygen atoms in total. The molecule has 0 N–H and O–H groups in total. The van der Waals surface area contributed by atoms with E-state index in [0.29, 0.717) is 5.15 Å². The number of nitrogens with zero attached hydrogens (tertiary/aromatic N) is 2. The summed E-state index contributed by atoms with van der Waals surface area (Å²) in [6.07, 6.45) is 10.1. The van der Waals surface area contributed by atoms with Gasteiger partial charge in [-0.05, 0) is 44.2 Å². The largest absolute Gasteiger partial charge is 0.296 e. The summed E-state index contributed by atoms with van der Waals surface area (Å²) in [5.74, 6) is 0.904. The zero-order valence-corrected chi connectivity index (χ0v) is 12.6. The summed E-state index contributed by atoms with van der Waals surface area (Å²) in [7, 11) is 0. The molecule has 1 saturated heterocycles. The highest BCUT2D eigenvalue weighted by atomic mass is 35.5. The monoisotopic (exact) mass is 298 g/mol. The Labute approximate surface area is 125 Å². The van der Waals surface area contributed by atoms with E-state index in [1.807, 2.05) is 6.20 Å². The Morgan fingerprint density at radius 1 is 1.16 bits per heavy atom. The van der Waals surface area contributed by atoms with Gasteiger partial charge in [0.1, 0.15) is 5.15 Å². The van der Waals surface area contributed by atoms with Crippen molar-refractivity contribution < 1.29 is 0 Å². The van der Waals surface area contributed by atoms with Gasteiger partial charge in [-0.1, -0.05) is 36.0 Å². The van der Waals surface area contributed by atoms with E-state index >= 15 is 0 Å². The summed E-state index contributed by atoms with van der Waals surface area (Å²) < 4.78 is 0. The highest BCUT2D eigenvalue weighted by molar-refractivity contribution is 6.34. The molecule has 3 rings (SSSR count). The first-order valence-electron chi connectivity index (χ1n) is 7.28. The summed E-state index contributed by atoms with van der Waals surface area (Å²) in [4.78, 5) is 6.76. The van der Waals surface area contributed by atoms with Gasteiger partial charge in [0.2, 0.25) is 0 Å². The van der Waals surface area contributed by atoms with Crippen LogP contribution in [0.5, 0.6) is 0 Å². The highest BCUT2D eigenvalue weighted by Crippen LogP contribution is 2.36. The van der Waals surface area contributed by atoms with Crippen molar-refractivity contribution in [2.45, 2.75) is 51.1 Å². The molecule has 1 aliphatic carbocycles. The standard InChI is InChI=1S/C15H20Cl2N2/c16-13-8-15(17)18-9-12(13)10-19-7-3-6-14(19)11-4-1-2-5-11/h8-9,11,14H,1-7,10H2. The minimum absolute atomic E-state index is 0.475. The summed E-state index contributed by atoms with van der Waals surface area (Å²) in [5, 5.41) is 1.22. The number of likely N-dealkylation sites (tertiary alicyclic amines) is 1. The summed E-state index contributed by atoms with van der Waals surface area (Å²) in [6, 6.07) is 2.51. The van der Waals surface area contributed by atoms with Gasteiger partial charge in [-0.3, -0.25) is 4.90 Å². The van der Waals surface area contributed by atoms with E-state index in [1.165, 1.54) is 45.1 Å². The number of rotatable bonds is 3. The van der Waals surface area contributed by atoms with Crippen LogP contribution in [0, 0.1) is 5.92 Å². The zero-order chi connectivity index (χ0) is 13.2. The van der Waals surface area contributed by atoms with Crippen molar-refractivity contribution in [3.05, 3.63) is 28.0 Å². The van der Waals surface area contributed by atoms with Gasteiger partial charge in [0, 0.05) is 29.4 Å². The van der Waals surface area contributed by atoms with Gasteiger partial charge in [0.15, 0.2) is 0 Å². The molecule has 0 spiro atoms. The van der Waals surface area contributed by atoms with Gasteiger partial charge >= 0.3 is 0 Å². The average Bonchev–Trinajstić information content (AvgIpc) is 3.03. The van der Waals surface area contributed by atoms with E-state index in [2.05, 4.69) is 9.88 Å². The average molecular weight is 299 g/mol. The van der Waals surface area contributed by atoms with Crippen molar-refractivity contribution in [2.24, 2.45) is 5.92 Å². The van der Waals surface area contributed by atoms with Gasteiger partial charge in [0.25, 0.3) is 0 Å². The molecule has 2 heterocycles. The number of pyridine rings is 1. The second-order valence-electron chi connectivity index (χ2n) is 5.82. The van der Waals surface area contributed by atoms with E-state index < -0.39 is 0 Å². The van der Waals surface area contributed by atoms with Gasteiger partial charge in [0.05, 0.1) is 0 Å². The Balaban J connectivity index is 1.70. The van der Waals surface area contributed by atoms with Crippen LogP contribution in [-0.4, -0.2) is 22.5 Å². The normalized spacial score (nSPS) is 25.3. The summed E-state index contributed by atoms with van der Waals surface area (Å²) in [5.41, 5.74) is 1.11. The van der Waals surface area contributed by atoms with E-state index in [0.717, 1.165) is 29.1 Å². The third kappa shape index (κ3) is 3.07. The van der Waals surface area contributed by atoms with E-state index in [1.54, 1.807) is 6.07 Å². The molecule has 1 unspecified atom stereocenters. The third-order valence-corrected chi connectivity index (χ3v) is 5.19. The molecule has 1 atom stereocenters. The molecular formula is C15H20Cl2N2. The maximum Gasteiger partial charge on any atom is 0.130 e. The SMILES string of the molecule is Clc1cc(Cl)c(CN2CCCC2C2CCCC2)cn1. The molecular weight excluding hydrogens is 279 g/mol. The molecule has 19 heavy (non-hydrogen) atoms. The molecule has 104 valence electrons. The molecule has 4 heteroatoms. The van der Waals surface area contributed by atoms with Gasteiger partial charge in [-0.2, -0.15) is 0 Å². The first-order valence-corrected chi connectivity index (χ1v) is 8.03. The fourth-order valence-electron chi connectivity index (χ4n) is 3.70. The second kappa shape index (κ2) is 5.99. The third-order valence-electron chi connectivity index (χ3n) is 4.63. The number of hydrogen-bond donors (Lipinski definition) is 0. The first kappa shape index (κ1) is 13.7. The second-order valence-corrected chi connectivity index (χ2v) is 6.62. The van der Waals surface area contributed by atoms with Crippen LogP contribution in [0.4, 0.5) is 0 Å². The van der Waals surface area contributed by atoms with Crippen LogP contribution in [0.1, 0.15) is 44.1 Å². The summed E-state index contributed by atoms with van der Waals surface area (Å²) >= 11 is 12.1. The smallest absolute Gasteiger partial charge is 0.130 e. The predicted molar refractivity (Wildman–Crippen MR) is 79.6 cm³/mol. The van der Waals surface area contributed by atoms with Gasteiger partial charge in [-0.15, -0.1) is 0 Å². The maximum atomic E-state index is 6.26. The van der Waals surface area contributed by atoms with Gasteiger partial charge < -0.3 is 0 Å². The van der Waals surface area contributed by atoms with Crippen molar-refractivity contribution in [3.8, 4) is 0 Å². The number of halogens is 2. The number of aromatic nitrogens is 1. The molecule has 1 aromatic rings. The lowest BCUT2D eigenvalue weighted by Gasteiger charge is -2.29. The van der Waals surface area contributed by atoms with E-state index in [-0.39, 0.29) is 0 Å². The Morgan fingerprint density at radius 3 is 2.68 bits per heavy atom. The molecule has 0 amide bonds. The highest BCUT2D eigenvalue weighted by Gasteiger charge is 2.33. The molecule has 2 fully saturated rings. The van der Waals surface area contributed by atoms with Crippen LogP contribution >= 0.6 is 23.2 Å². The summed E-state index contributed by atoms with van der Waals surface area (Å²) in [6.45, 7) is 2.12. The molecule has 0 radical (unpaired) electrons. The lowest BCUT2D eigenvalue weighted by molar-refractivity contribution is 0.183.